The van der Waals surface area contributed by atoms with Gasteiger partial charge in [0.05, 0.1) is 0 Å². The fourth-order valence-corrected chi connectivity index (χ4v) is 2.68. The Labute approximate surface area is 163 Å². The first-order valence-corrected chi connectivity index (χ1v) is 8.73. The maximum Gasteiger partial charge on any atom is 0.262 e. The lowest BCUT2D eigenvalue weighted by Crippen LogP contribution is -2.20. The first kappa shape index (κ1) is 18.8. The number of aryl methyl sites for hydroxylation is 1. The summed E-state index contributed by atoms with van der Waals surface area (Å²) in [7, 11) is 1.74. The Kier molecular flexibility index (Phi) is 5.66. The van der Waals surface area contributed by atoms with Crippen LogP contribution >= 0.6 is 15.9 Å². The summed E-state index contributed by atoms with van der Waals surface area (Å²) in [5.41, 5.74) is 0.951. The van der Waals surface area contributed by atoms with E-state index in [1.807, 2.05) is 0 Å². The molecule has 0 fully saturated rings. The number of ether oxygens (including phenoxy) is 1. The van der Waals surface area contributed by atoms with E-state index in [1.165, 1.54) is 12.1 Å². The molecule has 1 aromatic heterocycles. The highest BCUT2D eigenvalue weighted by atomic mass is 79.9. The molecule has 2 aromatic carbocycles. The Balaban J connectivity index is 1.58. The average Bonchev–Trinajstić information content (AvgIpc) is 3.07. The van der Waals surface area contributed by atoms with Crippen LogP contribution in [0.3, 0.4) is 0 Å². The number of nitrogens with one attached hydrogen (secondary N) is 1. The van der Waals surface area contributed by atoms with Crippen LogP contribution in [0.1, 0.15) is 16.2 Å². The van der Waals surface area contributed by atoms with Gasteiger partial charge in [-0.15, -0.1) is 0 Å². The molecule has 27 heavy (non-hydrogen) atoms. The molecule has 3 rings (SSSR count). The Morgan fingerprint density at radius 1 is 1.22 bits per heavy atom. The van der Waals surface area contributed by atoms with Crippen molar-refractivity contribution in [3.8, 4) is 5.75 Å². The predicted octanol–water partition coefficient (Wildman–Crippen LogP) is 3.57. The standard InChI is InChI=1S/C19H15BrFN3O3/c1-24-9-8-22-19(24)18(26)12-2-5-14(6-3-12)23-17(25)11-27-16-7-4-13(20)10-15(16)21/h2-10H,11H2,1H3,(H,23,25). The van der Waals surface area contributed by atoms with Crippen molar-refractivity contribution in [3.05, 3.63) is 76.5 Å². The number of aromatic nitrogens is 2. The lowest BCUT2D eigenvalue weighted by atomic mass is 10.1. The van der Waals surface area contributed by atoms with Gasteiger partial charge in [-0.3, -0.25) is 9.59 Å². The minimum absolute atomic E-state index is 0.00985. The van der Waals surface area contributed by atoms with Crippen LogP contribution < -0.4 is 10.1 Å². The molecular weight excluding hydrogens is 417 g/mol. The number of carbonyl (C=O) groups excluding carboxylic acids is 2. The first-order chi connectivity index (χ1) is 12.9. The molecule has 3 aromatic rings. The topological polar surface area (TPSA) is 73.2 Å². The summed E-state index contributed by atoms with van der Waals surface area (Å²) in [5, 5.41) is 2.63. The van der Waals surface area contributed by atoms with Crippen LogP contribution in [0.2, 0.25) is 0 Å². The van der Waals surface area contributed by atoms with Gasteiger partial charge in [-0.25, -0.2) is 9.37 Å². The molecule has 0 spiro atoms. The van der Waals surface area contributed by atoms with Crippen molar-refractivity contribution >= 4 is 33.3 Å². The van der Waals surface area contributed by atoms with Crippen molar-refractivity contribution < 1.29 is 18.7 Å². The molecule has 0 aliphatic rings. The van der Waals surface area contributed by atoms with Crippen molar-refractivity contribution in [2.45, 2.75) is 0 Å². The lowest BCUT2D eigenvalue weighted by molar-refractivity contribution is -0.118. The van der Waals surface area contributed by atoms with E-state index in [1.54, 1.807) is 54.3 Å². The molecule has 1 amide bonds. The van der Waals surface area contributed by atoms with Gasteiger partial charge < -0.3 is 14.6 Å². The fourth-order valence-electron chi connectivity index (χ4n) is 2.35. The molecule has 0 bridgehead atoms. The van der Waals surface area contributed by atoms with Gasteiger partial charge in [0.1, 0.15) is 0 Å². The maximum atomic E-state index is 13.7. The van der Waals surface area contributed by atoms with E-state index < -0.39 is 11.7 Å². The fraction of sp³-hybridized carbons (Fsp3) is 0.105. The summed E-state index contributed by atoms with van der Waals surface area (Å²) >= 11 is 3.15. The SMILES string of the molecule is Cn1ccnc1C(=O)c1ccc(NC(=O)COc2ccc(Br)cc2F)cc1. The average molecular weight is 432 g/mol. The Morgan fingerprint density at radius 2 is 1.96 bits per heavy atom. The molecule has 0 unspecified atom stereocenters. The minimum atomic E-state index is -0.561. The number of halogens is 2. The summed E-state index contributed by atoms with van der Waals surface area (Å²) in [6.45, 7) is -0.341. The maximum absolute atomic E-state index is 13.7. The van der Waals surface area contributed by atoms with Crippen LogP contribution in [0.15, 0.2) is 59.3 Å². The van der Waals surface area contributed by atoms with Crippen LogP contribution in [0.5, 0.6) is 5.75 Å². The predicted molar refractivity (Wildman–Crippen MR) is 101 cm³/mol. The number of amides is 1. The van der Waals surface area contributed by atoms with Crippen molar-refractivity contribution in [1.82, 2.24) is 9.55 Å². The van der Waals surface area contributed by atoms with Crippen LogP contribution in [-0.4, -0.2) is 27.8 Å². The molecule has 6 nitrogen and oxygen atoms in total. The monoisotopic (exact) mass is 431 g/mol. The van der Waals surface area contributed by atoms with Crippen molar-refractivity contribution in [2.75, 3.05) is 11.9 Å². The molecule has 138 valence electrons. The third kappa shape index (κ3) is 4.59. The minimum Gasteiger partial charge on any atom is -0.481 e. The van der Waals surface area contributed by atoms with Crippen molar-refractivity contribution in [3.63, 3.8) is 0 Å². The van der Waals surface area contributed by atoms with E-state index in [9.17, 15) is 14.0 Å². The number of imidazole rings is 1. The molecule has 0 saturated carbocycles. The zero-order chi connectivity index (χ0) is 19.4. The zero-order valence-electron chi connectivity index (χ0n) is 14.3. The molecule has 1 N–H and O–H groups in total. The van der Waals surface area contributed by atoms with Gasteiger partial charge in [-0.1, -0.05) is 15.9 Å². The van der Waals surface area contributed by atoms with Gasteiger partial charge in [0.25, 0.3) is 5.91 Å². The highest BCUT2D eigenvalue weighted by Gasteiger charge is 2.14. The van der Waals surface area contributed by atoms with Crippen LogP contribution in [0.4, 0.5) is 10.1 Å². The number of ketones is 1. The molecule has 0 aliphatic heterocycles. The first-order valence-electron chi connectivity index (χ1n) is 7.94. The summed E-state index contributed by atoms with van der Waals surface area (Å²) in [6.07, 6.45) is 3.24. The number of carbonyl (C=O) groups is 2. The number of hydrogen-bond acceptors (Lipinski definition) is 4. The molecular formula is C19H15BrFN3O3. The molecule has 1 heterocycles. The smallest absolute Gasteiger partial charge is 0.262 e. The van der Waals surface area contributed by atoms with E-state index in [2.05, 4.69) is 26.2 Å². The largest absolute Gasteiger partial charge is 0.481 e. The second-order valence-electron chi connectivity index (χ2n) is 5.68. The Morgan fingerprint density at radius 3 is 2.59 bits per heavy atom. The number of hydrogen-bond donors (Lipinski definition) is 1. The van der Waals surface area contributed by atoms with Crippen LogP contribution in [0.25, 0.3) is 0 Å². The quantitative estimate of drug-likeness (QED) is 0.605. The van der Waals surface area contributed by atoms with E-state index in [0.29, 0.717) is 21.5 Å². The Bertz CT molecular complexity index is 986. The number of benzene rings is 2. The second kappa shape index (κ2) is 8.13. The molecule has 0 saturated heterocycles. The van der Waals surface area contributed by atoms with Gasteiger partial charge in [-0.05, 0) is 42.5 Å². The van der Waals surface area contributed by atoms with Crippen LogP contribution in [-0.2, 0) is 11.8 Å². The third-order valence-corrected chi connectivity index (χ3v) is 4.20. The van der Waals surface area contributed by atoms with E-state index >= 15 is 0 Å². The van der Waals surface area contributed by atoms with Crippen LogP contribution in [0, 0.1) is 5.82 Å². The number of anilines is 1. The summed E-state index contributed by atoms with van der Waals surface area (Å²) in [6, 6.07) is 10.7. The Hall–Kier alpha value is -3.00. The molecule has 0 aliphatic carbocycles. The molecule has 0 atom stereocenters. The highest BCUT2D eigenvalue weighted by Crippen LogP contribution is 2.21. The summed E-state index contributed by atoms with van der Waals surface area (Å²) in [4.78, 5) is 28.3. The van der Waals surface area contributed by atoms with E-state index in [4.69, 9.17) is 4.74 Å². The third-order valence-electron chi connectivity index (χ3n) is 3.71. The molecule has 8 heteroatoms. The highest BCUT2D eigenvalue weighted by molar-refractivity contribution is 9.10. The van der Waals surface area contributed by atoms with Crippen molar-refractivity contribution in [2.24, 2.45) is 7.05 Å². The van der Waals surface area contributed by atoms with E-state index in [0.717, 1.165) is 0 Å². The number of rotatable bonds is 6. The number of nitrogens with zero attached hydrogens (tertiary/aromatic N) is 2. The van der Waals surface area contributed by atoms with Gasteiger partial charge in [0.2, 0.25) is 5.78 Å². The van der Waals surface area contributed by atoms with Crippen molar-refractivity contribution in [1.29, 1.82) is 0 Å². The van der Waals surface area contributed by atoms with Gasteiger partial charge in [0, 0.05) is 35.2 Å². The van der Waals surface area contributed by atoms with Gasteiger partial charge in [-0.2, -0.15) is 0 Å². The zero-order valence-corrected chi connectivity index (χ0v) is 15.9. The van der Waals surface area contributed by atoms with E-state index in [-0.39, 0.29) is 18.1 Å². The lowest BCUT2D eigenvalue weighted by Gasteiger charge is -2.09. The molecule has 0 radical (unpaired) electrons. The van der Waals surface area contributed by atoms with Gasteiger partial charge >= 0.3 is 0 Å². The summed E-state index contributed by atoms with van der Waals surface area (Å²) < 4.78 is 21.1. The normalized spacial score (nSPS) is 10.5. The second-order valence-corrected chi connectivity index (χ2v) is 6.60. The van der Waals surface area contributed by atoms with Gasteiger partial charge in [0.15, 0.2) is 24.0 Å². The summed E-state index contributed by atoms with van der Waals surface area (Å²) in [5.74, 6) is -0.898.